The molecule has 1 saturated carbocycles. The summed E-state index contributed by atoms with van der Waals surface area (Å²) in [5.41, 5.74) is -0.463. The van der Waals surface area contributed by atoms with E-state index in [0.29, 0.717) is 5.76 Å². The van der Waals surface area contributed by atoms with Gasteiger partial charge in [0.1, 0.15) is 11.7 Å². The van der Waals surface area contributed by atoms with Gasteiger partial charge in [0.25, 0.3) is 0 Å². The monoisotopic (exact) mass is 338 g/mol. The molecule has 0 saturated heterocycles. The number of carbonyl (C=O) groups is 3. The molecule has 1 aliphatic carbocycles. The average Bonchev–Trinajstić information content (AvgIpc) is 2.86. The second kappa shape index (κ2) is 5.48. The molecule has 0 radical (unpaired) electrons. The molecule has 0 bridgehead atoms. The van der Waals surface area contributed by atoms with Crippen LogP contribution in [0.15, 0.2) is 28.9 Å². The third-order valence-electron chi connectivity index (χ3n) is 3.41. The Labute approximate surface area is 125 Å². The minimum atomic E-state index is -1.20. The predicted molar refractivity (Wildman–Crippen MR) is 77.4 cm³/mol. The van der Waals surface area contributed by atoms with E-state index in [4.69, 9.17) is 4.42 Å². The highest BCUT2D eigenvalue weighted by Crippen LogP contribution is 2.39. The summed E-state index contributed by atoms with van der Waals surface area (Å²) in [5, 5.41) is 0. The molecule has 0 aromatic carbocycles. The van der Waals surface area contributed by atoms with E-state index in [2.05, 4.69) is 15.9 Å². The second-order valence-electron chi connectivity index (χ2n) is 5.58. The predicted octanol–water partition coefficient (Wildman–Crippen LogP) is 2.81. The fourth-order valence-corrected chi connectivity index (χ4v) is 2.70. The Morgan fingerprint density at radius 1 is 1.45 bits per heavy atom. The third kappa shape index (κ3) is 2.82. The van der Waals surface area contributed by atoms with Gasteiger partial charge in [0.15, 0.2) is 17.3 Å². The summed E-state index contributed by atoms with van der Waals surface area (Å²) in [7, 11) is 0. The molecule has 20 heavy (non-hydrogen) atoms. The minimum absolute atomic E-state index is 0.208. The lowest BCUT2D eigenvalue weighted by Gasteiger charge is -2.35. The van der Waals surface area contributed by atoms with Gasteiger partial charge in [-0.3, -0.25) is 14.4 Å². The first-order valence-electron chi connectivity index (χ1n) is 6.29. The van der Waals surface area contributed by atoms with Gasteiger partial charge in [-0.05, 0) is 29.7 Å². The number of allylic oxidation sites excluding steroid dienone is 1. The van der Waals surface area contributed by atoms with Crippen molar-refractivity contribution >= 4 is 39.4 Å². The van der Waals surface area contributed by atoms with Crippen LogP contribution in [0.1, 0.15) is 26.0 Å². The van der Waals surface area contributed by atoms with E-state index in [1.54, 1.807) is 12.1 Å². The number of carbonyl (C=O) groups excluding carboxylic acids is 3. The molecular formula is C15H15BrO4. The molecule has 5 heteroatoms. The summed E-state index contributed by atoms with van der Waals surface area (Å²) in [6.07, 6.45) is 4.39. The van der Waals surface area contributed by atoms with E-state index in [1.807, 2.05) is 13.8 Å². The quantitative estimate of drug-likeness (QED) is 0.483. The van der Waals surface area contributed by atoms with Crippen molar-refractivity contribution in [3.05, 3.63) is 30.2 Å². The molecule has 4 nitrogen and oxygen atoms in total. The van der Waals surface area contributed by atoms with E-state index in [-0.39, 0.29) is 18.0 Å². The first-order chi connectivity index (χ1) is 9.33. The van der Waals surface area contributed by atoms with Crippen molar-refractivity contribution in [3.63, 3.8) is 0 Å². The number of hydrogen-bond donors (Lipinski definition) is 0. The van der Waals surface area contributed by atoms with Gasteiger partial charge >= 0.3 is 0 Å². The van der Waals surface area contributed by atoms with Gasteiger partial charge in [-0.25, -0.2) is 0 Å². The van der Waals surface area contributed by atoms with Crippen LogP contribution < -0.4 is 0 Å². The van der Waals surface area contributed by atoms with Crippen LogP contribution >= 0.6 is 15.9 Å². The van der Waals surface area contributed by atoms with E-state index >= 15 is 0 Å². The van der Waals surface area contributed by atoms with Crippen molar-refractivity contribution in [1.29, 1.82) is 0 Å². The molecule has 0 spiro atoms. The zero-order valence-electron chi connectivity index (χ0n) is 11.3. The van der Waals surface area contributed by atoms with Crippen LogP contribution in [0.2, 0.25) is 0 Å². The molecular weight excluding hydrogens is 324 g/mol. The minimum Gasteiger partial charge on any atom is -0.465 e. The number of furan rings is 1. The maximum Gasteiger partial charge on any atom is 0.173 e. The van der Waals surface area contributed by atoms with Crippen molar-refractivity contribution in [2.45, 2.75) is 25.1 Å². The first kappa shape index (κ1) is 14.9. The van der Waals surface area contributed by atoms with Crippen LogP contribution in [0.3, 0.4) is 0 Å². The molecule has 2 rings (SSSR count). The lowest BCUT2D eigenvalue weighted by molar-refractivity contribution is -0.142. The van der Waals surface area contributed by atoms with Crippen LogP contribution in [0.4, 0.5) is 0 Å². The number of alkyl halides is 1. The number of Topliss-reactive ketones (excluding diaryl/α,β-unsaturated/α-hetero) is 2. The zero-order chi connectivity index (χ0) is 14.9. The highest BCUT2D eigenvalue weighted by Gasteiger charge is 2.48. The number of halogens is 1. The Hall–Kier alpha value is -1.49. The summed E-state index contributed by atoms with van der Waals surface area (Å²) < 4.78 is 5.06. The van der Waals surface area contributed by atoms with E-state index in [1.165, 1.54) is 18.4 Å². The molecule has 0 aliphatic heterocycles. The van der Waals surface area contributed by atoms with E-state index in [9.17, 15) is 14.4 Å². The number of hydrogen-bond acceptors (Lipinski definition) is 4. The zero-order valence-corrected chi connectivity index (χ0v) is 12.8. The summed E-state index contributed by atoms with van der Waals surface area (Å²) >= 11 is 3.30. The van der Waals surface area contributed by atoms with E-state index < -0.39 is 21.9 Å². The van der Waals surface area contributed by atoms with Gasteiger partial charge in [0.2, 0.25) is 0 Å². The molecule has 1 heterocycles. The van der Waals surface area contributed by atoms with Crippen molar-refractivity contribution in [1.82, 2.24) is 0 Å². The van der Waals surface area contributed by atoms with Gasteiger partial charge in [0, 0.05) is 6.42 Å². The molecule has 1 aromatic rings. The van der Waals surface area contributed by atoms with Crippen LogP contribution in [0.5, 0.6) is 0 Å². The number of ketones is 3. The maximum absolute atomic E-state index is 12.2. The highest BCUT2D eigenvalue weighted by atomic mass is 79.9. The second-order valence-corrected chi connectivity index (χ2v) is 6.50. The van der Waals surface area contributed by atoms with Crippen molar-refractivity contribution < 1.29 is 18.8 Å². The molecule has 106 valence electrons. The fourth-order valence-electron chi connectivity index (χ4n) is 2.28. The van der Waals surface area contributed by atoms with Crippen LogP contribution in [-0.4, -0.2) is 22.2 Å². The summed E-state index contributed by atoms with van der Waals surface area (Å²) in [5.74, 6) is -1.86. The Balaban J connectivity index is 2.17. The third-order valence-corrected chi connectivity index (χ3v) is 5.10. The van der Waals surface area contributed by atoms with Gasteiger partial charge in [-0.15, -0.1) is 0 Å². The van der Waals surface area contributed by atoms with E-state index in [0.717, 1.165) is 0 Å². The van der Waals surface area contributed by atoms with Gasteiger partial charge in [-0.1, -0.05) is 29.8 Å². The summed E-state index contributed by atoms with van der Waals surface area (Å²) in [4.78, 5) is 35.8. The smallest absolute Gasteiger partial charge is 0.173 e. The summed E-state index contributed by atoms with van der Waals surface area (Å²) in [6, 6.07) is 3.38. The molecule has 1 fully saturated rings. The van der Waals surface area contributed by atoms with Gasteiger partial charge in [0.05, 0.1) is 11.1 Å². The Bertz CT molecular complexity index is 569. The molecule has 2 atom stereocenters. The lowest BCUT2D eigenvalue weighted by Crippen LogP contribution is -2.49. The SMILES string of the molecule is CC1(C)CC(=O)[C@H](C(=O)/C=C/c2ccco2)C(=O)[C@@H]1Br. The number of rotatable bonds is 3. The molecule has 1 aromatic heterocycles. The highest BCUT2D eigenvalue weighted by molar-refractivity contribution is 9.10. The molecule has 0 amide bonds. The molecule has 0 N–H and O–H groups in total. The topological polar surface area (TPSA) is 64.3 Å². The van der Waals surface area contributed by atoms with Gasteiger partial charge < -0.3 is 4.42 Å². The van der Waals surface area contributed by atoms with Gasteiger partial charge in [-0.2, -0.15) is 0 Å². The molecule has 1 aliphatic rings. The summed E-state index contributed by atoms with van der Waals surface area (Å²) in [6.45, 7) is 3.67. The Kier molecular flexibility index (Phi) is 4.09. The largest absolute Gasteiger partial charge is 0.465 e. The normalized spacial score (nSPS) is 26.1. The standard InChI is InChI=1S/C15H15BrO4/c1-15(2)8-11(18)12(13(19)14(15)16)10(17)6-5-9-4-3-7-20-9/h3-7,12,14H,8H2,1-2H3/b6-5+/t12-,14-/m0/s1. The van der Waals surface area contributed by atoms with Crippen LogP contribution in [0.25, 0.3) is 6.08 Å². The van der Waals surface area contributed by atoms with Crippen LogP contribution in [-0.2, 0) is 14.4 Å². The Morgan fingerprint density at radius 2 is 2.15 bits per heavy atom. The van der Waals surface area contributed by atoms with Crippen molar-refractivity contribution in [3.8, 4) is 0 Å². The Morgan fingerprint density at radius 3 is 2.75 bits per heavy atom. The molecule has 0 unspecified atom stereocenters. The maximum atomic E-state index is 12.2. The van der Waals surface area contributed by atoms with Crippen LogP contribution in [0, 0.1) is 11.3 Å². The first-order valence-corrected chi connectivity index (χ1v) is 7.20. The average molecular weight is 339 g/mol. The fraction of sp³-hybridized carbons (Fsp3) is 0.400. The van der Waals surface area contributed by atoms with Crippen molar-refractivity contribution in [2.24, 2.45) is 11.3 Å². The lowest BCUT2D eigenvalue weighted by atomic mass is 9.70. The van der Waals surface area contributed by atoms with Crippen molar-refractivity contribution in [2.75, 3.05) is 0 Å².